The molecule has 0 fully saturated rings. The highest BCUT2D eigenvalue weighted by Gasteiger charge is 2.15. The lowest BCUT2D eigenvalue weighted by atomic mass is 10.1. The summed E-state index contributed by atoms with van der Waals surface area (Å²) in [4.78, 5) is 22.9. The van der Waals surface area contributed by atoms with E-state index in [1.807, 2.05) is 12.1 Å². The number of nitro benzene ring substituents is 1. The van der Waals surface area contributed by atoms with Crippen LogP contribution in [-0.2, 0) is 11.4 Å². The van der Waals surface area contributed by atoms with Gasteiger partial charge >= 0.3 is 0 Å². The lowest BCUT2D eigenvalue weighted by Gasteiger charge is -2.13. The monoisotopic (exact) mass is 555 g/mol. The van der Waals surface area contributed by atoms with Crippen molar-refractivity contribution in [3.63, 3.8) is 0 Å². The average Bonchev–Trinajstić information content (AvgIpc) is 2.77. The van der Waals surface area contributed by atoms with E-state index < -0.39 is 10.8 Å². The number of non-ortho nitro benzene ring substituents is 1. The van der Waals surface area contributed by atoms with Gasteiger partial charge in [-0.2, -0.15) is 5.26 Å². The van der Waals surface area contributed by atoms with Crippen LogP contribution in [0, 0.1) is 21.4 Å². The van der Waals surface area contributed by atoms with Crippen molar-refractivity contribution in [3.05, 3.63) is 102 Å². The smallest absolute Gasteiger partial charge is 0.269 e. The van der Waals surface area contributed by atoms with Gasteiger partial charge in [0.1, 0.15) is 24.0 Å². The molecule has 0 aliphatic rings. The third-order valence-electron chi connectivity index (χ3n) is 4.26. The Bertz CT molecular complexity index is 1220. The van der Waals surface area contributed by atoms with Gasteiger partial charge in [0.25, 0.3) is 11.6 Å². The number of hydrogen-bond acceptors (Lipinski definition) is 5. The molecule has 0 aliphatic heterocycles. The van der Waals surface area contributed by atoms with Crippen LogP contribution in [0.4, 0.5) is 11.4 Å². The fraction of sp³-hybridized carbons (Fsp3) is 0.0435. The first-order chi connectivity index (χ1) is 15.4. The normalized spacial score (nSPS) is 10.8. The number of rotatable bonds is 7. The van der Waals surface area contributed by atoms with Crippen molar-refractivity contribution in [3.8, 4) is 11.8 Å². The Labute approximate surface area is 200 Å². The maximum absolute atomic E-state index is 12.6. The molecule has 3 rings (SSSR count). The first-order valence-corrected chi connectivity index (χ1v) is 10.8. The minimum absolute atomic E-state index is 0.00900. The Morgan fingerprint density at radius 3 is 2.44 bits per heavy atom. The number of ether oxygens (including phenoxy) is 1. The average molecular weight is 557 g/mol. The van der Waals surface area contributed by atoms with E-state index in [1.54, 1.807) is 48.5 Å². The number of hydrogen-bond donors (Lipinski definition) is 1. The first kappa shape index (κ1) is 23.2. The van der Waals surface area contributed by atoms with Gasteiger partial charge in [-0.3, -0.25) is 14.9 Å². The minimum atomic E-state index is -0.545. The second-order valence-corrected chi connectivity index (χ2v) is 8.28. The Kier molecular flexibility index (Phi) is 7.76. The molecule has 3 aromatic rings. The minimum Gasteiger partial charge on any atom is -0.487 e. The standard InChI is InChI=1S/C23H15Br2N3O4/c24-18-11-16(10-17(13-26)23(29)27-19-4-2-1-3-5-19)22(21(25)12-18)32-14-15-6-8-20(9-7-15)28(30)31/h1-12H,14H2,(H,27,29)/b17-10+. The fourth-order valence-corrected chi connectivity index (χ4v) is 4.11. The van der Waals surface area contributed by atoms with Gasteiger partial charge in [0, 0.05) is 27.9 Å². The molecule has 0 saturated heterocycles. The molecular formula is C23H15Br2N3O4. The number of carbonyl (C=O) groups excluding carboxylic acids is 1. The quantitative estimate of drug-likeness (QED) is 0.160. The zero-order chi connectivity index (χ0) is 23.1. The molecule has 0 unspecified atom stereocenters. The van der Waals surface area contributed by atoms with E-state index in [-0.39, 0.29) is 17.9 Å². The molecule has 1 amide bonds. The van der Waals surface area contributed by atoms with Crippen molar-refractivity contribution in [2.75, 3.05) is 5.32 Å². The predicted octanol–water partition coefficient (Wildman–Crippen LogP) is 6.24. The van der Waals surface area contributed by atoms with Crippen LogP contribution in [0.2, 0.25) is 0 Å². The van der Waals surface area contributed by atoms with Crippen LogP contribution in [0.25, 0.3) is 6.08 Å². The Morgan fingerprint density at radius 1 is 1.12 bits per heavy atom. The third-order valence-corrected chi connectivity index (χ3v) is 5.31. The van der Waals surface area contributed by atoms with Gasteiger partial charge in [-0.05, 0) is 64.0 Å². The molecule has 0 saturated carbocycles. The highest BCUT2D eigenvalue weighted by Crippen LogP contribution is 2.35. The maximum atomic E-state index is 12.6. The van der Waals surface area contributed by atoms with Crippen LogP contribution in [-0.4, -0.2) is 10.8 Å². The van der Waals surface area contributed by atoms with Crippen LogP contribution >= 0.6 is 31.9 Å². The largest absolute Gasteiger partial charge is 0.487 e. The van der Waals surface area contributed by atoms with Gasteiger partial charge in [-0.25, -0.2) is 0 Å². The van der Waals surface area contributed by atoms with Crippen molar-refractivity contribution in [2.45, 2.75) is 6.61 Å². The molecule has 3 aromatic carbocycles. The molecule has 0 bridgehead atoms. The fourth-order valence-electron chi connectivity index (χ4n) is 2.73. The van der Waals surface area contributed by atoms with E-state index in [2.05, 4.69) is 37.2 Å². The summed E-state index contributed by atoms with van der Waals surface area (Å²) in [5.41, 5.74) is 1.70. The number of halogens is 2. The van der Waals surface area contributed by atoms with Crippen molar-refractivity contribution >= 4 is 55.2 Å². The highest BCUT2D eigenvalue weighted by molar-refractivity contribution is 9.11. The maximum Gasteiger partial charge on any atom is 0.269 e. The van der Waals surface area contributed by atoms with Gasteiger partial charge in [0.15, 0.2) is 0 Å². The number of anilines is 1. The predicted molar refractivity (Wildman–Crippen MR) is 128 cm³/mol. The van der Waals surface area contributed by atoms with E-state index in [4.69, 9.17) is 4.74 Å². The number of nitrogens with zero attached hydrogens (tertiary/aromatic N) is 2. The molecule has 0 aromatic heterocycles. The van der Waals surface area contributed by atoms with Crippen molar-refractivity contribution in [2.24, 2.45) is 0 Å². The van der Waals surface area contributed by atoms with Crippen LogP contribution in [0.15, 0.2) is 81.2 Å². The van der Waals surface area contributed by atoms with Gasteiger partial charge in [-0.15, -0.1) is 0 Å². The Morgan fingerprint density at radius 2 is 1.81 bits per heavy atom. The van der Waals surface area contributed by atoms with Crippen LogP contribution in [0.1, 0.15) is 11.1 Å². The molecule has 32 heavy (non-hydrogen) atoms. The molecule has 0 atom stereocenters. The SMILES string of the molecule is N#C/C(=C\c1cc(Br)cc(Br)c1OCc1ccc([N+](=O)[O-])cc1)C(=O)Nc1ccccc1. The summed E-state index contributed by atoms with van der Waals surface area (Å²) < 4.78 is 7.26. The molecule has 7 nitrogen and oxygen atoms in total. The van der Waals surface area contributed by atoms with Gasteiger partial charge in [0.2, 0.25) is 0 Å². The molecule has 160 valence electrons. The second kappa shape index (κ2) is 10.7. The summed E-state index contributed by atoms with van der Waals surface area (Å²) in [6, 6.07) is 20.3. The zero-order valence-electron chi connectivity index (χ0n) is 16.4. The molecule has 0 spiro atoms. The molecule has 0 heterocycles. The zero-order valence-corrected chi connectivity index (χ0v) is 19.6. The first-order valence-electron chi connectivity index (χ1n) is 9.20. The van der Waals surface area contributed by atoms with Crippen molar-refractivity contribution < 1.29 is 14.5 Å². The Hall–Kier alpha value is -3.48. The number of nitriles is 1. The number of carbonyl (C=O) groups is 1. The van der Waals surface area contributed by atoms with Crippen LogP contribution < -0.4 is 10.1 Å². The summed E-state index contributed by atoms with van der Waals surface area (Å²) in [6.45, 7) is 0.136. The van der Waals surface area contributed by atoms with Crippen LogP contribution in [0.3, 0.4) is 0 Å². The van der Waals surface area contributed by atoms with E-state index in [9.17, 15) is 20.2 Å². The molecule has 9 heteroatoms. The number of benzene rings is 3. The third kappa shape index (κ3) is 6.03. The lowest BCUT2D eigenvalue weighted by Crippen LogP contribution is -2.13. The molecule has 0 aliphatic carbocycles. The topological polar surface area (TPSA) is 105 Å². The Balaban J connectivity index is 1.86. The summed E-state index contributed by atoms with van der Waals surface area (Å²) >= 11 is 6.85. The van der Waals surface area contributed by atoms with Gasteiger partial charge in [0.05, 0.1) is 9.40 Å². The van der Waals surface area contributed by atoms with Crippen molar-refractivity contribution in [1.29, 1.82) is 5.26 Å². The molecule has 0 radical (unpaired) electrons. The number of amides is 1. The molecule has 1 N–H and O–H groups in total. The second-order valence-electron chi connectivity index (χ2n) is 6.51. The van der Waals surface area contributed by atoms with Crippen LogP contribution in [0.5, 0.6) is 5.75 Å². The lowest BCUT2D eigenvalue weighted by molar-refractivity contribution is -0.384. The van der Waals surface area contributed by atoms with E-state index in [0.717, 1.165) is 10.0 Å². The van der Waals surface area contributed by atoms with E-state index >= 15 is 0 Å². The van der Waals surface area contributed by atoms with Gasteiger partial charge < -0.3 is 10.1 Å². The summed E-state index contributed by atoms with van der Waals surface area (Å²) in [5.74, 6) is -0.122. The number of nitrogens with one attached hydrogen (secondary N) is 1. The highest BCUT2D eigenvalue weighted by atomic mass is 79.9. The van der Waals surface area contributed by atoms with Crippen molar-refractivity contribution in [1.82, 2.24) is 0 Å². The molecular weight excluding hydrogens is 542 g/mol. The summed E-state index contributed by atoms with van der Waals surface area (Å²) in [5, 5.41) is 23.0. The summed E-state index contributed by atoms with van der Waals surface area (Å²) in [7, 11) is 0. The number of nitro groups is 1. The number of para-hydroxylation sites is 1. The summed E-state index contributed by atoms with van der Waals surface area (Å²) in [6.07, 6.45) is 1.44. The van der Waals surface area contributed by atoms with E-state index in [0.29, 0.717) is 21.5 Å². The van der Waals surface area contributed by atoms with Gasteiger partial charge in [-0.1, -0.05) is 34.1 Å². The van der Waals surface area contributed by atoms with E-state index in [1.165, 1.54) is 18.2 Å².